The molecule has 0 saturated carbocycles. The minimum absolute atomic E-state index is 0.0984. The number of benzene rings is 2. The topological polar surface area (TPSA) is 80.2 Å². The van der Waals surface area contributed by atoms with E-state index in [0.717, 1.165) is 31.2 Å². The first-order valence-electron chi connectivity index (χ1n) is 9.32. The second-order valence-electron chi connectivity index (χ2n) is 7.70. The number of H-pyrrole nitrogens is 1. The van der Waals surface area contributed by atoms with Crippen molar-refractivity contribution < 1.29 is 14.3 Å². The molecule has 1 aromatic heterocycles. The lowest BCUT2D eigenvalue weighted by atomic mass is 10.1. The van der Waals surface area contributed by atoms with Crippen LogP contribution in [-0.4, -0.2) is 34.2 Å². The molecular weight excluding hydrogens is 434 g/mol. The molecule has 3 aromatic rings. The summed E-state index contributed by atoms with van der Waals surface area (Å²) in [5.41, 5.74) is 1.86. The van der Waals surface area contributed by atoms with Gasteiger partial charge >= 0.3 is 6.09 Å². The van der Waals surface area contributed by atoms with Crippen LogP contribution in [0.3, 0.4) is 0 Å². The molecule has 1 amide bonds. The highest BCUT2D eigenvalue weighted by molar-refractivity contribution is 9.10. The molecule has 152 valence electrons. The second kappa shape index (κ2) is 8.69. The van der Waals surface area contributed by atoms with Gasteiger partial charge in [0, 0.05) is 27.2 Å². The lowest BCUT2D eigenvalue weighted by molar-refractivity contribution is -0.500. The van der Waals surface area contributed by atoms with Crippen molar-refractivity contribution in [2.45, 2.75) is 32.4 Å². The van der Waals surface area contributed by atoms with Crippen molar-refractivity contribution in [3.8, 4) is 0 Å². The number of fused-ring (bicyclic) bond motifs is 1. The first-order valence-corrected chi connectivity index (χ1v) is 10.1. The average molecular weight is 458 g/mol. The highest BCUT2D eigenvalue weighted by Gasteiger charge is 2.25. The molecule has 0 aliphatic rings. The minimum Gasteiger partial charge on any atom is -0.623 e. The van der Waals surface area contributed by atoms with E-state index in [4.69, 9.17) is 4.74 Å². The van der Waals surface area contributed by atoms with Gasteiger partial charge in [0.2, 0.25) is 6.04 Å². The Hall–Kier alpha value is -2.80. The van der Waals surface area contributed by atoms with Gasteiger partial charge in [-0.25, -0.2) is 9.53 Å². The molecule has 3 rings (SSSR count). The van der Waals surface area contributed by atoms with E-state index in [9.17, 15) is 10.0 Å². The van der Waals surface area contributed by atoms with Gasteiger partial charge in [0.1, 0.15) is 5.60 Å². The number of alkyl carbamates (subject to hydrolysis) is 1. The molecule has 2 aromatic carbocycles. The first kappa shape index (κ1) is 20.9. The number of nitrogens with one attached hydrogen (secondary N) is 2. The molecule has 6 nitrogen and oxygen atoms in total. The summed E-state index contributed by atoms with van der Waals surface area (Å²) >= 11 is 3.52. The number of amides is 1. The number of carbonyl (C=O) groups is 1. The lowest BCUT2D eigenvalue weighted by Crippen LogP contribution is -2.36. The number of hydrogen-bond donors (Lipinski definition) is 2. The molecule has 0 fully saturated rings. The number of rotatable bonds is 5. The van der Waals surface area contributed by atoms with Gasteiger partial charge in [-0.1, -0.05) is 30.3 Å². The van der Waals surface area contributed by atoms with Gasteiger partial charge in [-0.05, 0) is 54.9 Å². The molecular formula is C22H24BrN3O3. The van der Waals surface area contributed by atoms with Crippen LogP contribution in [0.5, 0.6) is 0 Å². The third-order valence-corrected chi connectivity index (χ3v) is 4.94. The summed E-state index contributed by atoms with van der Waals surface area (Å²) in [4.78, 5) is 15.4. The van der Waals surface area contributed by atoms with Gasteiger partial charge in [0.25, 0.3) is 0 Å². The molecule has 0 radical (unpaired) electrons. The fourth-order valence-corrected chi connectivity index (χ4v) is 3.50. The molecule has 1 heterocycles. The van der Waals surface area contributed by atoms with Crippen LogP contribution in [-0.2, 0) is 4.74 Å². The minimum atomic E-state index is -0.634. The molecule has 0 bridgehead atoms. The summed E-state index contributed by atoms with van der Waals surface area (Å²) in [6.07, 6.45) is 2.77. The molecule has 0 spiro atoms. The van der Waals surface area contributed by atoms with E-state index in [1.807, 2.05) is 48.5 Å². The van der Waals surface area contributed by atoms with Gasteiger partial charge < -0.3 is 20.2 Å². The fourth-order valence-electron chi connectivity index (χ4n) is 3.02. The summed E-state index contributed by atoms with van der Waals surface area (Å²) in [6, 6.07) is 14.5. The number of ether oxygens (including phenoxy) is 1. The summed E-state index contributed by atoms with van der Waals surface area (Å²) in [7, 11) is 0. The number of para-hydroxylation sites is 1. The van der Waals surface area contributed by atoms with Crippen molar-refractivity contribution in [3.63, 3.8) is 0 Å². The summed E-state index contributed by atoms with van der Waals surface area (Å²) < 4.78 is 7.09. The second-order valence-corrected chi connectivity index (χ2v) is 8.56. The van der Waals surface area contributed by atoms with E-state index in [1.165, 1.54) is 6.21 Å². The smallest absolute Gasteiger partial charge is 0.407 e. The van der Waals surface area contributed by atoms with Crippen LogP contribution in [0, 0.1) is 5.21 Å². The lowest BCUT2D eigenvalue weighted by Gasteiger charge is -2.21. The molecule has 2 N–H and O–H groups in total. The van der Waals surface area contributed by atoms with E-state index >= 15 is 0 Å². The molecule has 1 atom stereocenters. The van der Waals surface area contributed by atoms with Gasteiger partial charge in [-0.3, -0.25) is 0 Å². The average Bonchev–Trinajstić information content (AvgIpc) is 3.07. The SMILES string of the molecule is CC(C)(C)OC(=O)NCC(c1c[nH]c2c(Br)cccc12)[N+]([O-])=Cc1ccccc1. The molecule has 7 heteroatoms. The highest BCUT2D eigenvalue weighted by atomic mass is 79.9. The van der Waals surface area contributed by atoms with Gasteiger partial charge in [0.05, 0.1) is 12.1 Å². The largest absolute Gasteiger partial charge is 0.623 e. The van der Waals surface area contributed by atoms with Crippen molar-refractivity contribution in [2.24, 2.45) is 0 Å². The van der Waals surface area contributed by atoms with Gasteiger partial charge in [-0.15, -0.1) is 0 Å². The van der Waals surface area contributed by atoms with E-state index in [2.05, 4.69) is 26.2 Å². The van der Waals surface area contributed by atoms with Crippen molar-refractivity contribution in [1.29, 1.82) is 0 Å². The maximum atomic E-state index is 13.1. The predicted molar refractivity (Wildman–Crippen MR) is 118 cm³/mol. The van der Waals surface area contributed by atoms with Crippen LogP contribution >= 0.6 is 15.9 Å². The van der Waals surface area contributed by atoms with Crippen LogP contribution in [0.15, 0.2) is 59.2 Å². The molecule has 0 aliphatic carbocycles. The fraction of sp³-hybridized carbons (Fsp3) is 0.273. The number of hydrogen-bond acceptors (Lipinski definition) is 3. The Morgan fingerprint density at radius 2 is 1.97 bits per heavy atom. The highest BCUT2D eigenvalue weighted by Crippen LogP contribution is 2.30. The standard InChI is InChI=1S/C22H24BrN3O3/c1-22(2,3)29-21(27)25-13-19(26(28)14-15-8-5-4-6-9-15)17-12-24-20-16(17)10-7-11-18(20)23/h4-12,14,19,24H,13H2,1-3H3,(H,25,27). The summed E-state index contributed by atoms with van der Waals surface area (Å²) in [5, 5.41) is 16.7. The van der Waals surface area contributed by atoms with E-state index < -0.39 is 17.7 Å². The molecule has 29 heavy (non-hydrogen) atoms. The third kappa shape index (κ3) is 5.38. The van der Waals surface area contributed by atoms with Crippen molar-refractivity contribution in [1.82, 2.24) is 10.3 Å². The number of aromatic nitrogens is 1. The zero-order valence-corrected chi connectivity index (χ0v) is 18.2. The third-order valence-electron chi connectivity index (χ3n) is 4.28. The monoisotopic (exact) mass is 457 g/mol. The summed E-state index contributed by atoms with van der Waals surface area (Å²) in [5.74, 6) is 0. The Kier molecular flexibility index (Phi) is 6.27. The van der Waals surface area contributed by atoms with Crippen LogP contribution in [0.4, 0.5) is 4.79 Å². The van der Waals surface area contributed by atoms with Crippen LogP contribution in [0.1, 0.15) is 37.9 Å². The number of aromatic amines is 1. The van der Waals surface area contributed by atoms with E-state index in [-0.39, 0.29) is 6.54 Å². The summed E-state index contributed by atoms with van der Waals surface area (Å²) in [6.45, 7) is 5.49. The van der Waals surface area contributed by atoms with Gasteiger partial charge in [0.15, 0.2) is 6.21 Å². The Labute approximate surface area is 178 Å². The predicted octanol–water partition coefficient (Wildman–Crippen LogP) is 5.13. The molecule has 1 unspecified atom stereocenters. The first-order chi connectivity index (χ1) is 13.7. The van der Waals surface area contributed by atoms with Gasteiger partial charge in [-0.2, -0.15) is 0 Å². The van der Waals surface area contributed by atoms with Crippen molar-refractivity contribution in [3.05, 3.63) is 75.5 Å². The molecule has 0 saturated heterocycles. The zero-order valence-electron chi connectivity index (χ0n) is 16.6. The molecule has 0 aliphatic heterocycles. The maximum absolute atomic E-state index is 13.1. The Bertz CT molecular complexity index is 1020. The van der Waals surface area contributed by atoms with Crippen molar-refractivity contribution >= 4 is 39.1 Å². The number of halogens is 1. The number of carbonyl (C=O) groups excluding carboxylic acids is 1. The quantitative estimate of drug-likeness (QED) is 0.241. The van der Waals surface area contributed by atoms with E-state index in [0.29, 0.717) is 0 Å². The maximum Gasteiger partial charge on any atom is 0.407 e. The Balaban J connectivity index is 1.94. The van der Waals surface area contributed by atoms with Crippen LogP contribution in [0.2, 0.25) is 0 Å². The van der Waals surface area contributed by atoms with E-state index in [1.54, 1.807) is 27.0 Å². The zero-order chi connectivity index (χ0) is 21.0. The van der Waals surface area contributed by atoms with Crippen LogP contribution in [0.25, 0.3) is 10.9 Å². The number of hydroxylamine groups is 1. The van der Waals surface area contributed by atoms with Crippen molar-refractivity contribution in [2.75, 3.05) is 6.54 Å². The Morgan fingerprint density at radius 3 is 2.66 bits per heavy atom. The van der Waals surface area contributed by atoms with Crippen LogP contribution < -0.4 is 5.32 Å². The Morgan fingerprint density at radius 1 is 1.24 bits per heavy atom. The number of nitrogens with zero attached hydrogens (tertiary/aromatic N) is 1. The normalized spacial score (nSPS) is 13.3.